The summed E-state index contributed by atoms with van der Waals surface area (Å²) in [6, 6.07) is 7.50. The number of aryl methyl sites for hydroxylation is 1. The Kier molecular flexibility index (Phi) is 4.82. The highest BCUT2D eigenvalue weighted by Gasteiger charge is 2.26. The first-order valence-corrected chi connectivity index (χ1v) is 8.37. The normalized spacial score (nSPS) is 20.0. The van der Waals surface area contributed by atoms with E-state index >= 15 is 0 Å². The van der Waals surface area contributed by atoms with Gasteiger partial charge in [-0.15, -0.1) is 0 Å². The van der Waals surface area contributed by atoms with E-state index in [1.165, 1.54) is 6.08 Å². The van der Waals surface area contributed by atoms with E-state index in [0.29, 0.717) is 24.0 Å². The van der Waals surface area contributed by atoms with Crippen molar-refractivity contribution in [2.24, 2.45) is 0 Å². The number of ether oxygens (including phenoxy) is 1. The van der Waals surface area contributed by atoms with E-state index in [1.54, 1.807) is 12.1 Å². The lowest BCUT2D eigenvalue weighted by molar-refractivity contribution is -0.130. The summed E-state index contributed by atoms with van der Waals surface area (Å²) in [6.45, 7) is 3.90. The molecule has 1 aliphatic heterocycles. The summed E-state index contributed by atoms with van der Waals surface area (Å²) in [5.74, 6) is -0.0355. The predicted octanol–water partition coefficient (Wildman–Crippen LogP) is 3.21. The number of nitriles is 1. The standard InChI is InChI=1S/C20H19NO4/c1-3-4-18-17(22)8-6-13(24-18)10-15-14-7-5-12(2)9-19(14)25-20(23)16(15)11-21/h5-9,13,18H,3-4,10H2,1-2H3. The molecule has 0 saturated heterocycles. The molecule has 128 valence electrons. The van der Waals surface area contributed by atoms with Crippen molar-refractivity contribution in [3.05, 3.63) is 57.5 Å². The molecule has 0 spiro atoms. The molecule has 2 heterocycles. The molecule has 0 fully saturated rings. The van der Waals surface area contributed by atoms with Gasteiger partial charge in [0.25, 0.3) is 0 Å². The molecule has 0 N–H and O–H groups in total. The minimum atomic E-state index is -0.642. The van der Waals surface area contributed by atoms with Crippen LogP contribution in [0.25, 0.3) is 11.0 Å². The van der Waals surface area contributed by atoms with Crippen LogP contribution in [0.15, 0.2) is 39.6 Å². The third kappa shape index (κ3) is 3.40. The third-order valence-electron chi connectivity index (χ3n) is 4.37. The summed E-state index contributed by atoms with van der Waals surface area (Å²) < 4.78 is 11.2. The number of carbonyl (C=O) groups excluding carboxylic acids is 1. The topological polar surface area (TPSA) is 80.3 Å². The molecule has 1 aromatic heterocycles. The molecular weight excluding hydrogens is 318 g/mol. The number of nitrogens with zero attached hydrogens (tertiary/aromatic N) is 1. The molecule has 0 aliphatic carbocycles. The maximum Gasteiger partial charge on any atom is 0.354 e. The number of rotatable bonds is 4. The van der Waals surface area contributed by atoms with Crippen LogP contribution in [-0.4, -0.2) is 18.0 Å². The number of carbonyl (C=O) groups is 1. The monoisotopic (exact) mass is 337 g/mol. The summed E-state index contributed by atoms with van der Waals surface area (Å²) in [5.41, 5.74) is 1.38. The fourth-order valence-corrected chi connectivity index (χ4v) is 3.12. The Morgan fingerprint density at radius 2 is 2.08 bits per heavy atom. The lowest BCUT2D eigenvalue weighted by Gasteiger charge is -2.25. The van der Waals surface area contributed by atoms with Gasteiger partial charge in [-0.25, -0.2) is 4.79 Å². The van der Waals surface area contributed by atoms with E-state index in [9.17, 15) is 14.9 Å². The first-order valence-electron chi connectivity index (χ1n) is 8.37. The first kappa shape index (κ1) is 17.1. The van der Waals surface area contributed by atoms with Crippen molar-refractivity contribution in [1.29, 1.82) is 5.26 Å². The van der Waals surface area contributed by atoms with Crippen molar-refractivity contribution in [2.75, 3.05) is 0 Å². The summed E-state index contributed by atoms with van der Waals surface area (Å²) >= 11 is 0. The predicted molar refractivity (Wildman–Crippen MR) is 93.4 cm³/mol. The van der Waals surface area contributed by atoms with Crippen LogP contribution in [-0.2, 0) is 16.0 Å². The zero-order chi connectivity index (χ0) is 18.0. The second-order valence-corrected chi connectivity index (χ2v) is 6.27. The molecule has 0 amide bonds. The molecular formula is C20H19NO4. The Morgan fingerprint density at radius 1 is 1.28 bits per heavy atom. The summed E-state index contributed by atoms with van der Waals surface area (Å²) in [7, 11) is 0. The van der Waals surface area contributed by atoms with Gasteiger partial charge in [0, 0.05) is 11.8 Å². The SMILES string of the molecule is CCCC1OC(Cc2c(C#N)c(=O)oc3cc(C)ccc23)C=CC1=O. The van der Waals surface area contributed by atoms with E-state index < -0.39 is 11.7 Å². The third-order valence-corrected chi connectivity index (χ3v) is 4.37. The van der Waals surface area contributed by atoms with E-state index in [0.717, 1.165) is 17.4 Å². The molecule has 0 saturated carbocycles. The summed E-state index contributed by atoms with van der Waals surface area (Å²) in [6.07, 6.45) is 4.27. The fourth-order valence-electron chi connectivity index (χ4n) is 3.12. The first-order chi connectivity index (χ1) is 12.0. The highest BCUT2D eigenvalue weighted by Crippen LogP contribution is 2.25. The van der Waals surface area contributed by atoms with Gasteiger partial charge in [0.1, 0.15) is 23.3 Å². The van der Waals surface area contributed by atoms with Crippen LogP contribution >= 0.6 is 0 Å². The van der Waals surface area contributed by atoms with Crippen molar-refractivity contribution in [3.63, 3.8) is 0 Å². The van der Waals surface area contributed by atoms with E-state index in [2.05, 4.69) is 0 Å². The van der Waals surface area contributed by atoms with Crippen LogP contribution in [0, 0.1) is 18.3 Å². The average molecular weight is 337 g/mol. The molecule has 2 aromatic rings. The lowest BCUT2D eigenvalue weighted by atomic mass is 9.96. The molecule has 0 bridgehead atoms. The van der Waals surface area contributed by atoms with Crippen LogP contribution in [0.4, 0.5) is 0 Å². The second-order valence-electron chi connectivity index (χ2n) is 6.27. The Bertz CT molecular complexity index is 949. The van der Waals surface area contributed by atoms with Gasteiger partial charge in [-0.2, -0.15) is 5.26 Å². The highest BCUT2D eigenvalue weighted by molar-refractivity contribution is 5.94. The number of benzene rings is 1. The van der Waals surface area contributed by atoms with E-state index in [-0.39, 0.29) is 17.5 Å². The van der Waals surface area contributed by atoms with Crippen molar-refractivity contribution in [2.45, 2.75) is 45.3 Å². The number of hydrogen-bond donors (Lipinski definition) is 0. The quantitative estimate of drug-likeness (QED) is 0.800. The molecule has 2 unspecified atom stereocenters. The minimum absolute atomic E-state index is 0.00251. The molecule has 1 aliphatic rings. The van der Waals surface area contributed by atoms with Crippen LogP contribution in [0.5, 0.6) is 0 Å². The van der Waals surface area contributed by atoms with E-state index in [4.69, 9.17) is 9.15 Å². The van der Waals surface area contributed by atoms with Gasteiger partial charge in [0.05, 0.1) is 6.10 Å². The molecule has 5 heteroatoms. The van der Waals surface area contributed by atoms with Gasteiger partial charge < -0.3 is 9.15 Å². The molecule has 25 heavy (non-hydrogen) atoms. The van der Waals surface area contributed by atoms with Crippen molar-refractivity contribution in [3.8, 4) is 6.07 Å². The van der Waals surface area contributed by atoms with Crippen LogP contribution in [0.3, 0.4) is 0 Å². The van der Waals surface area contributed by atoms with Crippen LogP contribution in [0.2, 0.25) is 0 Å². The molecule has 1 aromatic carbocycles. The number of hydrogen-bond acceptors (Lipinski definition) is 5. The van der Waals surface area contributed by atoms with Crippen LogP contribution < -0.4 is 5.63 Å². The molecule has 5 nitrogen and oxygen atoms in total. The Labute approximate surface area is 145 Å². The van der Waals surface area contributed by atoms with Crippen molar-refractivity contribution >= 4 is 16.8 Å². The second kappa shape index (κ2) is 7.04. The van der Waals surface area contributed by atoms with Gasteiger partial charge in [-0.3, -0.25) is 4.79 Å². The smallest absolute Gasteiger partial charge is 0.354 e. The summed E-state index contributed by atoms with van der Waals surface area (Å²) in [4.78, 5) is 24.0. The van der Waals surface area contributed by atoms with Crippen molar-refractivity contribution < 1.29 is 13.9 Å². The maximum atomic E-state index is 12.2. The maximum absolute atomic E-state index is 12.2. The van der Waals surface area contributed by atoms with Gasteiger partial charge in [-0.05, 0) is 36.6 Å². The lowest BCUT2D eigenvalue weighted by Crippen LogP contribution is -2.33. The van der Waals surface area contributed by atoms with E-state index in [1.807, 2.05) is 32.0 Å². The summed E-state index contributed by atoms with van der Waals surface area (Å²) in [5, 5.41) is 10.1. The van der Waals surface area contributed by atoms with Gasteiger partial charge in [0.15, 0.2) is 5.78 Å². The Balaban J connectivity index is 2.04. The molecule has 2 atom stereocenters. The number of ketones is 1. The molecule has 0 radical (unpaired) electrons. The minimum Gasteiger partial charge on any atom is -0.422 e. The highest BCUT2D eigenvalue weighted by atomic mass is 16.5. The largest absolute Gasteiger partial charge is 0.422 e. The average Bonchev–Trinajstić information content (AvgIpc) is 2.58. The zero-order valence-electron chi connectivity index (χ0n) is 14.2. The van der Waals surface area contributed by atoms with Gasteiger partial charge >= 0.3 is 5.63 Å². The zero-order valence-corrected chi connectivity index (χ0v) is 14.2. The fraction of sp³-hybridized carbons (Fsp3) is 0.350. The number of fused-ring (bicyclic) bond motifs is 1. The van der Waals surface area contributed by atoms with Crippen LogP contribution in [0.1, 0.15) is 36.5 Å². The van der Waals surface area contributed by atoms with Gasteiger partial charge in [-0.1, -0.05) is 31.6 Å². The Morgan fingerprint density at radius 3 is 2.80 bits per heavy atom. The van der Waals surface area contributed by atoms with Gasteiger partial charge in [0.2, 0.25) is 0 Å². The van der Waals surface area contributed by atoms with Crippen molar-refractivity contribution in [1.82, 2.24) is 0 Å². The Hall–Kier alpha value is -2.71. The molecule has 3 rings (SSSR count).